The third-order valence-corrected chi connectivity index (χ3v) is 6.85. The zero-order valence-corrected chi connectivity index (χ0v) is 18.2. The first-order chi connectivity index (χ1) is 15.8. The monoisotopic (exact) mass is 465 g/mol. The summed E-state index contributed by atoms with van der Waals surface area (Å²) in [6, 6.07) is 16.5. The van der Waals surface area contributed by atoms with Crippen LogP contribution in [0.4, 0.5) is 25.0 Å². The molecule has 1 N–H and O–H groups in total. The number of amides is 4. The van der Waals surface area contributed by atoms with Gasteiger partial charge in [0.05, 0.1) is 11.4 Å². The minimum Gasteiger partial charge on any atom is -0.319 e. The summed E-state index contributed by atoms with van der Waals surface area (Å²) in [7, 11) is 0. The summed E-state index contributed by atoms with van der Waals surface area (Å²) >= 11 is 1.52. The second kappa shape index (κ2) is 7.70. The van der Waals surface area contributed by atoms with E-state index in [4.69, 9.17) is 0 Å². The molecule has 1 atom stereocenters. The van der Waals surface area contributed by atoms with Gasteiger partial charge in [-0.3, -0.25) is 19.4 Å². The zero-order valence-electron chi connectivity index (χ0n) is 17.3. The fraction of sp³-hybridized carbons (Fsp3) is 0.125. The van der Waals surface area contributed by atoms with Crippen LogP contribution in [-0.2, 0) is 15.1 Å². The lowest BCUT2D eigenvalue weighted by molar-refractivity contribution is -0.134. The molecule has 33 heavy (non-hydrogen) atoms. The number of anilines is 2. The zero-order chi connectivity index (χ0) is 23.3. The molecule has 0 radical (unpaired) electrons. The molecule has 2 aliphatic rings. The number of nitrogens with zero attached hydrogens (tertiary/aromatic N) is 2. The minimum atomic E-state index is -1.84. The van der Waals surface area contributed by atoms with Gasteiger partial charge in [-0.15, -0.1) is 0 Å². The second-order valence-corrected chi connectivity index (χ2v) is 8.92. The number of hydrogen-bond acceptors (Lipinski definition) is 4. The molecule has 1 unspecified atom stereocenters. The Labute approximate surface area is 192 Å². The van der Waals surface area contributed by atoms with Crippen molar-refractivity contribution >= 4 is 41.0 Å². The van der Waals surface area contributed by atoms with E-state index in [0.717, 1.165) is 32.9 Å². The average molecular weight is 465 g/mol. The summed E-state index contributed by atoms with van der Waals surface area (Å²) in [6.45, 7) is 0.724. The second-order valence-electron chi connectivity index (χ2n) is 7.84. The number of halogens is 2. The number of carbonyl (C=O) groups excluding carboxylic acids is 3. The first kappa shape index (κ1) is 21.1. The molecular weight excluding hydrogens is 448 g/mol. The highest BCUT2D eigenvalue weighted by molar-refractivity contribution is 7.99. The molecule has 4 amide bonds. The predicted molar refractivity (Wildman–Crippen MR) is 118 cm³/mol. The van der Waals surface area contributed by atoms with E-state index >= 15 is 0 Å². The van der Waals surface area contributed by atoms with Crippen LogP contribution in [0.5, 0.6) is 0 Å². The van der Waals surface area contributed by atoms with Crippen LogP contribution in [0, 0.1) is 11.6 Å². The van der Waals surface area contributed by atoms with Crippen LogP contribution < -0.4 is 10.2 Å². The Morgan fingerprint density at radius 1 is 0.970 bits per heavy atom. The average Bonchev–Trinajstić information content (AvgIpc) is 3.02. The van der Waals surface area contributed by atoms with Crippen molar-refractivity contribution < 1.29 is 23.2 Å². The lowest BCUT2D eigenvalue weighted by Gasteiger charge is -2.32. The molecule has 0 saturated carbocycles. The summed E-state index contributed by atoms with van der Waals surface area (Å²) < 4.78 is 28.2. The molecule has 2 aliphatic heterocycles. The van der Waals surface area contributed by atoms with E-state index in [-0.39, 0.29) is 5.56 Å². The van der Waals surface area contributed by atoms with Crippen molar-refractivity contribution in [3.05, 3.63) is 83.9 Å². The number of rotatable bonds is 3. The van der Waals surface area contributed by atoms with Gasteiger partial charge < -0.3 is 5.32 Å². The van der Waals surface area contributed by atoms with Gasteiger partial charge in [0.2, 0.25) is 0 Å². The molecule has 3 aromatic rings. The standard InChI is InChI=1S/C24H17F2N3O3S/c1-24(15-12-14(25)10-11-16(15)26)22(31)28(23(32)27-24)13-21(30)29-17-6-2-4-8-19(17)33-20-9-5-3-7-18(20)29/h2-12H,13H2,1H3,(H,27,32). The summed E-state index contributed by atoms with van der Waals surface area (Å²) in [4.78, 5) is 43.2. The predicted octanol–water partition coefficient (Wildman–Crippen LogP) is 4.56. The number of hydrogen-bond donors (Lipinski definition) is 1. The van der Waals surface area contributed by atoms with Crippen LogP contribution in [0.3, 0.4) is 0 Å². The fourth-order valence-corrected chi connectivity index (χ4v) is 5.14. The van der Waals surface area contributed by atoms with Crippen molar-refractivity contribution in [2.45, 2.75) is 22.3 Å². The molecule has 0 bridgehead atoms. The Morgan fingerprint density at radius 3 is 2.21 bits per heavy atom. The Bertz CT molecular complexity index is 1290. The highest BCUT2D eigenvalue weighted by Gasteiger charge is 2.51. The van der Waals surface area contributed by atoms with Crippen LogP contribution in [-0.4, -0.2) is 29.3 Å². The number of benzene rings is 3. The minimum absolute atomic E-state index is 0.305. The molecule has 166 valence electrons. The van der Waals surface area contributed by atoms with Gasteiger partial charge in [-0.1, -0.05) is 36.0 Å². The molecule has 1 saturated heterocycles. The number of para-hydroxylation sites is 2. The summed E-state index contributed by atoms with van der Waals surface area (Å²) in [5, 5.41) is 2.42. The van der Waals surface area contributed by atoms with E-state index in [0.29, 0.717) is 11.4 Å². The maximum absolute atomic E-state index is 14.4. The topological polar surface area (TPSA) is 69.7 Å². The van der Waals surface area contributed by atoms with E-state index in [1.165, 1.54) is 23.6 Å². The maximum atomic E-state index is 14.4. The van der Waals surface area contributed by atoms with Crippen LogP contribution in [0.15, 0.2) is 76.5 Å². The van der Waals surface area contributed by atoms with Gasteiger partial charge in [0, 0.05) is 15.4 Å². The summed E-state index contributed by atoms with van der Waals surface area (Å²) in [5.41, 5.74) is -0.868. The van der Waals surface area contributed by atoms with Gasteiger partial charge in [0.25, 0.3) is 11.8 Å². The van der Waals surface area contributed by atoms with E-state index in [1.807, 2.05) is 24.3 Å². The van der Waals surface area contributed by atoms with E-state index in [9.17, 15) is 23.2 Å². The first-order valence-electron chi connectivity index (χ1n) is 10.1. The van der Waals surface area contributed by atoms with Crippen molar-refractivity contribution in [3.63, 3.8) is 0 Å². The van der Waals surface area contributed by atoms with Crippen LogP contribution in [0.1, 0.15) is 12.5 Å². The normalized spacial score (nSPS) is 19.2. The molecule has 3 aromatic carbocycles. The smallest absolute Gasteiger partial charge is 0.319 e. The first-order valence-corrected chi connectivity index (χ1v) is 10.9. The SMILES string of the molecule is CC1(c2cc(F)ccc2F)NC(=O)N(CC(=O)N2c3ccccc3Sc3ccccc32)C1=O. The Balaban J connectivity index is 1.48. The number of nitrogens with one attached hydrogen (secondary N) is 1. The largest absolute Gasteiger partial charge is 0.325 e. The molecule has 2 heterocycles. The number of fused-ring (bicyclic) bond motifs is 2. The molecule has 0 spiro atoms. The quantitative estimate of drug-likeness (QED) is 0.576. The van der Waals surface area contributed by atoms with Crippen LogP contribution in [0.25, 0.3) is 0 Å². The lowest BCUT2D eigenvalue weighted by Crippen LogP contribution is -2.44. The molecule has 0 aliphatic carbocycles. The third-order valence-electron chi connectivity index (χ3n) is 5.72. The molecular formula is C24H17F2N3O3S. The Hall–Kier alpha value is -3.72. The molecule has 6 nitrogen and oxygen atoms in total. The van der Waals surface area contributed by atoms with E-state index in [2.05, 4.69) is 5.32 Å². The fourth-order valence-electron chi connectivity index (χ4n) is 4.08. The van der Waals surface area contributed by atoms with E-state index in [1.54, 1.807) is 24.3 Å². The maximum Gasteiger partial charge on any atom is 0.325 e. The van der Waals surface area contributed by atoms with Gasteiger partial charge in [0.15, 0.2) is 0 Å². The van der Waals surface area contributed by atoms with Crippen molar-refractivity contribution in [1.29, 1.82) is 0 Å². The van der Waals surface area contributed by atoms with Crippen molar-refractivity contribution in [1.82, 2.24) is 10.2 Å². The summed E-state index contributed by atoms with van der Waals surface area (Å²) in [5.74, 6) is -2.93. The lowest BCUT2D eigenvalue weighted by atomic mass is 9.91. The Kier molecular flexibility index (Phi) is 4.93. The summed E-state index contributed by atoms with van der Waals surface area (Å²) in [6.07, 6.45) is 0. The van der Waals surface area contributed by atoms with Crippen LogP contribution in [0.2, 0.25) is 0 Å². The highest BCUT2D eigenvalue weighted by Crippen LogP contribution is 2.48. The third kappa shape index (κ3) is 3.36. The molecule has 9 heteroatoms. The van der Waals surface area contributed by atoms with Crippen molar-refractivity contribution in [3.8, 4) is 0 Å². The van der Waals surface area contributed by atoms with Gasteiger partial charge in [-0.25, -0.2) is 13.6 Å². The Morgan fingerprint density at radius 2 is 1.58 bits per heavy atom. The van der Waals surface area contributed by atoms with Crippen molar-refractivity contribution in [2.24, 2.45) is 0 Å². The van der Waals surface area contributed by atoms with Gasteiger partial charge in [-0.2, -0.15) is 0 Å². The highest BCUT2D eigenvalue weighted by atomic mass is 32.2. The van der Waals surface area contributed by atoms with Crippen molar-refractivity contribution in [2.75, 3.05) is 11.4 Å². The molecule has 5 rings (SSSR count). The number of carbonyl (C=O) groups is 3. The van der Waals surface area contributed by atoms with Gasteiger partial charge >= 0.3 is 6.03 Å². The van der Waals surface area contributed by atoms with E-state index < -0.39 is 41.6 Å². The van der Waals surface area contributed by atoms with Crippen LogP contribution >= 0.6 is 11.8 Å². The van der Waals surface area contributed by atoms with Gasteiger partial charge in [-0.05, 0) is 49.4 Å². The molecule has 1 fully saturated rings. The number of imide groups is 1. The molecule has 0 aromatic heterocycles. The van der Waals surface area contributed by atoms with Gasteiger partial charge in [0.1, 0.15) is 23.7 Å². The number of urea groups is 1.